The zero-order valence-electron chi connectivity index (χ0n) is 21.4. The van der Waals surface area contributed by atoms with Gasteiger partial charge in [0, 0.05) is 18.5 Å². The minimum absolute atomic E-state index is 0.369. The molecule has 2 aromatic carbocycles. The topological polar surface area (TPSA) is 125 Å². The van der Waals surface area contributed by atoms with Gasteiger partial charge in [-0.1, -0.05) is 62.4 Å². The number of aryl methyl sites for hydroxylation is 2. The molecule has 0 saturated heterocycles. The van der Waals surface area contributed by atoms with Crippen LogP contribution in [0.4, 0.5) is 0 Å². The minimum Gasteiger partial charge on any atom is -0.466 e. The molecule has 1 atom stereocenters. The number of nitrogens with zero attached hydrogens (tertiary/aromatic N) is 5. The van der Waals surface area contributed by atoms with Crippen LogP contribution in [0.3, 0.4) is 0 Å². The molecule has 0 bridgehead atoms. The molecule has 0 fully saturated rings. The van der Waals surface area contributed by atoms with Crippen molar-refractivity contribution in [3.63, 3.8) is 0 Å². The van der Waals surface area contributed by atoms with Gasteiger partial charge in [-0.15, -0.1) is 5.10 Å². The average Bonchev–Trinajstić information content (AvgIpc) is 3.57. The number of H-pyrrole nitrogens is 1. The Morgan fingerprint density at radius 3 is 2.41 bits per heavy atom. The monoisotopic (exact) mass is 502 g/mol. The molecule has 1 N–H and O–H groups in total. The first-order valence-corrected chi connectivity index (χ1v) is 12.3. The molecule has 2 heterocycles. The predicted molar refractivity (Wildman–Crippen MR) is 137 cm³/mol. The van der Waals surface area contributed by atoms with Gasteiger partial charge in [-0.25, -0.2) is 19.7 Å². The molecule has 0 aliphatic heterocycles. The molecule has 192 valence electrons. The van der Waals surface area contributed by atoms with Crippen molar-refractivity contribution < 1.29 is 19.1 Å². The fourth-order valence-corrected chi connectivity index (χ4v) is 4.23. The number of carbonyl (C=O) groups is 2. The van der Waals surface area contributed by atoms with Gasteiger partial charge in [0.05, 0.1) is 12.8 Å². The van der Waals surface area contributed by atoms with Crippen molar-refractivity contribution in [3.8, 4) is 22.5 Å². The van der Waals surface area contributed by atoms with E-state index in [0.717, 1.165) is 34.5 Å². The molecule has 0 aliphatic carbocycles. The summed E-state index contributed by atoms with van der Waals surface area (Å²) in [5.41, 5.74) is 4.92. The third-order valence-corrected chi connectivity index (χ3v) is 6.07. The summed E-state index contributed by atoms with van der Waals surface area (Å²) in [6.45, 7) is 5.94. The molecule has 0 aliphatic rings. The number of aromatic amines is 1. The highest BCUT2D eigenvalue weighted by molar-refractivity contribution is 5.91. The molecule has 0 amide bonds. The summed E-state index contributed by atoms with van der Waals surface area (Å²) in [4.78, 5) is 29.7. The van der Waals surface area contributed by atoms with Crippen molar-refractivity contribution >= 4 is 11.9 Å². The van der Waals surface area contributed by atoms with Crippen molar-refractivity contribution in [2.45, 2.75) is 52.7 Å². The number of methoxy groups -OCH3 is 1. The number of hydrogen-bond donors (Lipinski definition) is 1. The first-order chi connectivity index (χ1) is 18.0. The second-order valence-electron chi connectivity index (χ2n) is 8.58. The molecular formula is C27H30N6O4. The number of aromatic nitrogens is 6. The predicted octanol–water partition coefficient (Wildman–Crippen LogP) is 4.01. The lowest BCUT2D eigenvalue weighted by Gasteiger charge is -2.15. The van der Waals surface area contributed by atoms with Crippen LogP contribution in [0.5, 0.6) is 0 Å². The standard InChI is InChI=1S/C27H30N6O4/c1-5-9-23-28-22(6-2)24(27(35)37-17(3)26(34)36-4)33(23)16-18-12-14-19(15-13-18)20-10-7-8-11-21(20)25-29-31-32-30-25/h7-8,10-15,17H,5-6,9,16H2,1-4H3,(H,29,30,31,32). The fourth-order valence-electron chi connectivity index (χ4n) is 4.23. The molecule has 10 nitrogen and oxygen atoms in total. The van der Waals surface area contributed by atoms with Gasteiger partial charge in [0.2, 0.25) is 0 Å². The second kappa shape index (κ2) is 11.6. The number of rotatable bonds is 10. The van der Waals surface area contributed by atoms with Crippen molar-refractivity contribution in [1.82, 2.24) is 30.2 Å². The number of esters is 2. The summed E-state index contributed by atoms with van der Waals surface area (Å²) < 4.78 is 12.0. The zero-order chi connectivity index (χ0) is 26.4. The fraction of sp³-hybridized carbons (Fsp3) is 0.333. The Bertz CT molecular complexity index is 1360. The largest absolute Gasteiger partial charge is 0.466 e. The van der Waals surface area contributed by atoms with Gasteiger partial charge in [0.15, 0.2) is 17.6 Å². The van der Waals surface area contributed by atoms with E-state index in [1.54, 1.807) is 0 Å². The molecule has 1 unspecified atom stereocenters. The molecule has 4 aromatic rings. The van der Waals surface area contributed by atoms with Gasteiger partial charge in [0.25, 0.3) is 0 Å². The minimum atomic E-state index is -1.01. The van der Waals surface area contributed by atoms with Crippen LogP contribution in [-0.4, -0.2) is 55.3 Å². The molecular weight excluding hydrogens is 472 g/mol. The van der Waals surface area contributed by atoms with E-state index in [0.29, 0.717) is 36.6 Å². The van der Waals surface area contributed by atoms with E-state index in [9.17, 15) is 9.59 Å². The molecule has 37 heavy (non-hydrogen) atoms. The van der Waals surface area contributed by atoms with E-state index in [1.165, 1.54) is 14.0 Å². The van der Waals surface area contributed by atoms with Crippen LogP contribution in [0.2, 0.25) is 0 Å². The summed E-state index contributed by atoms with van der Waals surface area (Å²) in [5, 5.41) is 14.2. The first kappa shape index (κ1) is 25.7. The molecule has 2 aromatic heterocycles. The van der Waals surface area contributed by atoms with Gasteiger partial charge in [-0.05, 0) is 46.9 Å². The van der Waals surface area contributed by atoms with Crippen LogP contribution in [0.25, 0.3) is 22.5 Å². The zero-order valence-corrected chi connectivity index (χ0v) is 21.4. The highest BCUT2D eigenvalue weighted by atomic mass is 16.6. The number of benzene rings is 2. The number of hydrogen-bond acceptors (Lipinski definition) is 8. The van der Waals surface area contributed by atoms with Crippen molar-refractivity contribution in [3.05, 3.63) is 71.3 Å². The Kier molecular flexibility index (Phi) is 8.07. The van der Waals surface area contributed by atoms with E-state index >= 15 is 0 Å². The van der Waals surface area contributed by atoms with Crippen LogP contribution in [0.1, 0.15) is 54.8 Å². The normalized spacial score (nSPS) is 11.8. The average molecular weight is 503 g/mol. The van der Waals surface area contributed by atoms with Crippen LogP contribution in [-0.2, 0) is 33.7 Å². The highest BCUT2D eigenvalue weighted by Gasteiger charge is 2.27. The summed E-state index contributed by atoms with van der Waals surface area (Å²) in [6.07, 6.45) is 1.13. The van der Waals surface area contributed by atoms with Gasteiger partial charge in [0.1, 0.15) is 5.82 Å². The number of carbonyl (C=O) groups excluding carboxylic acids is 2. The van der Waals surface area contributed by atoms with Gasteiger partial charge in [-0.2, -0.15) is 0 Å². The van der Waals surface area contributed by atoms with Gasteiger partial charge in [-0.3, -0.25) is 0 Å². The van der Waals surface area contributed by atoms with E-state index in [-0.39, 0.29) is 0 Å². The maximum absolute atomic E-state index is 13.2. The van der Waals surface area contributed by atoms with E-state index < -0.39 is 18.0 Å². The summed E-state index contributed by atoms with van der Waals surface area (Å²) >= 11 is 0. The Hall–Kier alpha value is -4.34. The third-order valence-electron chi connectivity index (χ3n) is 6.07. The van der Waals surface area contributed by atoms with E-state index in [4.69, 9.17) is 14.5 Å². The maximum Gasteiger partial charge on any atom is 0.357 e. The van der Waals surface area contributed by atoms with Gasteiger partial charge < -0.3 is 14.0 Å². The maximum atomic E-state index is 13.2. The third kappa shape index (κ3) is 5.58. The number of nitrogens with one attached hydrogen (secondary N) is 1. The Labute approximate surface area is 215 Å². The molecule has 0 radical (unpaired) electrons. The Morgan fingerprint density at radius 2 is 1.78 bits per heavy atom. The van der Waals surface area contributed by atoms with E-state index in [2.05, 4.69) is 27.5 Å². The van der Waals surface area contributed by atoms with Crippen LogP contribution < -0.4 is 0 Å². The number of ether oxygens (including phenoxy) is 2. The lowest BCUT2D eigenvalue weighted by Crippen LogP contribution is -2.27. The first-order valence-electron chi connectivity index (χ1n) is 12.3. The van der Waals surface area contributed by atoms with Gasteiger partial charge >= 0.3 is 11.9 Å². The van der Waals surface area contributed by atoms with Crippen molar-refractivity contribution in [1.29, 1.82) is 0 Å². The summed E-state index contributed by atoms with van der Waals surface area (Å²) in [7, 11) is 1.26. The molecule has 4 rings (SSSR count). The number of imidazole rings is 1. The molecule has 0 saturated carbocycles. The number of tetrazole rings is 1. The Balaban J connectivity index is 1.65. The van der Waals surface area contributed by atoms with Crippen LogP contribution in [0.15, 0.2) is 48.5 Å². The van der Waals surface area contributed by atoms with Crippen molar-refractivity contribution in [2.75, 3.05) is 7.11 Å². The lowest BCUT2D eigenvalue weighted by molar-refractivity contribution is -0.149. The molecule has 0 spiro atoms. The smallest absolute Gasteiger partial charge is 0.357 e. The Morgan fingerprint density at radius 1 is 1.05 bits per heavy atom. The van der Waals surface area contributed by atoms with Crippen molar-refractivity contribution in [2.24, 2.45) is 0 Å². The molecule has 10 heteroatoms. The summed E-state index contributed by atoms with van der Waals surface area (Å²) in [6, 6.07) is 16.0. The SMILES string of the molecule is CCCc1nc(CC)c(C(=O)OC(C)C(=O)OC)n1Cc1ccc(-c2ccccc2-c2nnn[nH]2)cc1. The highest BCUT2D eigenvalue weighted by Crippen LogP contribution is 2.30. The van der Waals surface area contributed by atoms with Crippen LogP contribution in [0, 0.1) is 0 Å². The summed E-state index contributed by atoms with van der Waals surface area (Å²) in [5.74, 6) is 0.210. The quantitative estimate of drug-likeness (QED) is 0.323. The second-order valence-corrected chi connectivity index (χ2v) is 8.58. The van der Waals surface area contributed by atoms with E-state index in [1.807, 2.05) is 60.0 Å². The lowest BCUT2D eigenvalue weighted by atomic mass is 9.98. The van der Waals surface area contributed by atoms with Crippen LogP contribution >= 0.6 is 0 Å².